The Morgan fingerprint density at radius 2 is 2.00 bits per heavy atom. The molecule has 16 heavy (non-hydrogen) atoms. The number of methoxy groups -OCH3 is 1. The van der Waals surface area contributed by atoms with E-state index in [1.165, 1.54) is 0 Å². The minimum absolute atomic E-state index is 0.438. The van der Waals surface area contributed by atoms with Crippen molar-refractivity contribution in [1.29, 1.82) is 0 Å². The summed E-state index contributed by atoms with van der Waals surface area (Å²) in [5.74, 6) is 1.46. The Morgan fingerprint density at radius 3 is 2.69 bits per heavy atom. The highest BCUT2D eigenvalue weighted by Gasteiger charge is 2.11. The number of aliphatic hydroxyl groups is 1. The van der Waals surface area contributed by atoms with Gasteiger partial charge in [0.2, 0.25) is 0 Å². The van der Waals surface area contributed by atoms with Gasteiger partial charge in [0, 0.05) is 11.4 Å². The Balaban J connectivity index is 2.48. The van der Waals surface area contributed by atoms with E-state index < -0.39 is 6.10 Å². The predicted octanol–water partition coefficient (Wildman–Crippen LogP) is 3.53. The standard InChI is InChI=1S/C13H19ClO2/c1-16-13-9-5-4-7-11(13)12(15)8-3-2-6-10-14/h4-5,7,9,12,15H,2-3,6,8,10H2,1H3/t12-/m1/s1. The van der Waals surface area contributed by atoms with E-state index in [0.29, 0.717) is 5.88 Å². The van der Waals surface area contributed by atoms with Gasteiger partial charge in [-0.05, 0) is 18.9 Å². The molecule has 1 aromatic carbocycles. The first kappa shape index (κ1) is 13.3. The van der Waals surface area contributed by atoms with Crippen LogP contribution < -0.4 is 4.74 Å². The second-order valence-corrected chi connectivity index (χ2v) is 4.17. The molecule has 0 saturated carbocycles. The zero-order valence-electron chi connectivity index (χ0n) is 9.66. The van der Waals surface area contributed by atoms with E-state index in [9.17, 15) is 5.11 Å². The quantitative estimate of drug-likeness (QED) is 0.586. The SMILES string of the molecule is COc1ccccc1[C@H](O)CCCCCCl. The topological polar surface area (TPSA) is 29.5 Å². The molecule has 0 radical (unpaired) electrons. The third kappa shape index (κ3) is 4.03. The molecule has 0 unspecified atom stereocenters. The van der Waals surface area contributed by atoms with Crippen LogP contribution >= 0.6 is 11.6 Å². The molecule has 0 heterocycles. The molecular weight excluding hydrogens is 224 g/mol. The van der Waals surface area contributed by atoms with Crippen molar-refractivity contribution in [1.82, 2.24) is 0 Å². The Hall–Kier alpha value is -0.730. The van der Waals surface area contributed by atoms with E-state index in [1.54, 1.807) is 7.11 Å². The van der Waals surface area contributed by atoms with Crippen LogP contribution in [-0.2, 0) is 0 Å². The van der Waals surface area contributed by atoms with E-state index in [1.807, 2.05) is 24.3 Å². The van der Waals surface area contributed by atoms with Crippen LogP contribution in [0.3, 0.4) is 0 Å². The number of alkyl halides is 1. The van der Waals surface area contributed by atoms with Crippen molar-refractivity contribution < 1.29 is 9.84 Å². The van der Waals surface area contributed by atoms with Gasteiger partial charge in [0.05, 0.1) is 13.2 Å². The van der Waals surface area contributed by atoms with Gasteiger partial charge in [-0.3, -0.25) is 0 Å². The molecule has 0 aliphatic carbocycles. The van der Waals surface area contributed by atoms with Crippen LogP contribution in [0.1, 0.15) is 37.4 Å². The summed E-state index contributed by atoms with van der Waals surface area (Å²) in [5.41, 5.74) is 0.871. The molecule has 3 heteroatoms. The molecule has 0 bridgehead atoms. The van der Waals surface area contributed by atoms with E-state index in [-0.39, 0.29) is 0 Å². The third-order valence-corrected chi connectivity index (χ3v) is 2.88. The van der Waals surface area contributed by atoms with E-state index in [4.69, 9.17) is 16.3 Å². The fourth-order valence-electron chi connectivity index (χ4n) is 1.71. The van der Waals surface area contributed by atoms with Crippen molar-refractivity contribution in [2.24, 2.45) is 0 Å². The molecule has 0 spiro atoms. The summed E-state index contributed by atoms with van der Waals surface area (Å²) in [6.45, 7) is 0. The summed E-state index contributed by atoms with van der Waals surface area (Å²) >= 11 is 5.60. The number of para-hydroxylation sites is 1. The van der Waals surface area contributed by atoms with Gasteiger partial charge in [0.1, 0.15) is 5.75 Å². The molecule has 0 saturated heterocycles. The second-order valence-electron chi connectivity index (χ2n) is 3.80. The van der Waals surface area contributed by atoms with Crippen molar-refractivity contribution in [3.8, 4) is 5.75 Å². The summed E-state index contributed by atoms with van der Waals surface area (Å²) in [7, 11) is 1.62. The van der Waals surface area contributed by atoms with E-state index >= 15 is 0 Å². The molecule has 0 amide bonds. The number of halogens is 1. The molecule has 0 aliphatic heterocycles. The molecule has 1 rings (SSSR count). The molecule has 0 aromatic heterocycles. The van der Waals surface area contributed by atoms with Gasteiger partial charge in [-0.1, -0.05) is 31.0 Å². The average Bonchev–Trinajstić information content (AvgIpc) is 2.34. The normalized spacial score (nSPS) is 12.4. The number of hydrogen-bond donors (Lipinski definition) is 1. The summed E-state index contributed by atoms with van der Waals surface area (Å²) in [6, 6.07) is 7.60. The fraction of sp³-hybridized carbons (Fsp3) is 0.538. The highest BCUT2D eigenvalue weighted by atomic mass is 35.5. The first-order chi connectivity index (χ1) is 7.79. The largest absolute Gasteiger partial charge is 0.496 e. The van der Waals surface area contributed by atoms with Gasteiger partial charge in [0.15, 0.2) is 0 Å². The molecule has 1 N–H and O–H groups in total. The van der Waals surface area contributed by atoms with Gasteiger partial charge in [0.25, 0.3) is 0 Å². The Kier molecular flexibility index (Phi) is 6.27. The number of rotatable bonds is 7. The van der Waals surface area contributed by atoms with Crippen LogP contribution in [0, 0.1) is 0 Å². The molecule has 0 fully saturated rings. The van der Waals surface area contributed by atoms with E-state index in [0.717, 1.165) is 37.0 Å². The zero-order chi connectivity index (χ0) is 11.8. The van der Waals surface area contributed by atoms with E-state index in [2.05, 4.69) is 0 Å². The molecular formula is C13H19ClO2. The highest BCUT2D eigenvalue weighted by molar-refractivity contribution is 6.17. The zero-order valence-corrected chi connectivity index (χ0v) is 10.4. The van der Waals surface area contributed by atoms with Crippen molar-refractivity contribution in [2.75, 3.05) is 13.0 Å². The van der Waals surface area contributed by atoms with Gasteiger partial charge < -0.3 is 9.84 Å². The first-order valence-electron chi connectivity index (χ1n) is 5.66. The number of aliphatic hydroxyl groups excluding tert-OH is 1. The number of unbranched alkanes of at least 4 members (excludes halogenated alkanes) is 2. The first-order valence-corrected chi connectivity index (χ1v) is 6.20. The maximum atomic E-state index is 10.0. The van der Waals surface area contributed by atoms with Gasteiger partial charge in [-0.15, -0.1) is 11.6 Å². The van der Waals surface area contributed by atoms with Gasteiger partial charge >= 0.3 is 0 Å². The lowest BCUT2D eigenvalue weighted by Crippen LogP contribution is -2.00. The number of benzene rings is 1. The van der Waals surface area contributed by atoms with Crippen LogP contribution in [0.2, 0.25) is 0 Å². The van der Waals surface area contributed by atoms with Crippen molar-refractivity contribution in [2.45, 2.75) is 31.8 Å². The predicted molar refractivity (Wildman–Crippen MR) is 67.1 cm³/mol. The highest BCUT2D eigenvalue weighted by Crippen LogP contribution is 2.28. The van der Waals surface area contributed by atoms with Gasteiger partial charge in [-0.2, -0.15) is 0 Å². The molecule has 0 aliphatic rings. The Labute approximate surface area is 102 Å². The number of ether oxygens (including phenoxy) is 1. The third-order valence-electron chi connectivity index (χ3n) is 2.61. The van der Waals surface area contributed by atoms with Crippen LogP contribution in [-0.4, -0.2) is 18.1 Å². The van der Waals surface area contributed by atoms with Crippen LogP contribution in [0.25, 0.3) is 0 Å². The van der Waals surface area contributed by atoms with Crippen molar-refractivity contribution >= 4 is 11.6 Å². The van der Waals surface area contributed by atoms with Crippen LogP contribution in [0.5, 0.6) is 5.75 Å². The molecule has 2 nitrogen and oxygen atoms in total. The smallest absolute Gasteiger partial charge is 0.124 e. The fourth-order valence-corrected chi connectivity index (χ4v) is 1.90. The minimum Gasteiger partial charge on any atom is -0.496 e. The van der Waals surface area contributed by atoms with Crippen LogP contribution in [0.4, 0.5) is 0 Å². The maximum absolute atomic E-state index is 10.0. The summed E-state index contributed by atoms with van der Waals surface area (Å²) in [4.78, 5) is 0. The lowest BCUT2D eigenvalue weighted by Gasteiger charge is -2.14. The monoisotopic (exact) mass is 242 g/mol. The summed E-state index contributed by atoms with van der Waals surface area (Å²) < 4.78 is 5.21. The van der Waals surface area contributed by atoms with Crippen molar-refractivity contribution in [3.63, 3.8) is 0 Å². The Bertz CT molecular complexity index is 302. The maximum Gasteiger partial charge on any atom is 0.124 e. The minimum atomic E-state index is -0.438. The lowest BCUT2D eigenvalue weighted by molar-refractivity contribution is 0.159. The van der Waals surface area contributed by atoms with Crippen LogP contribution in [0.15, 0.2) is 24.3 Å². The second kappa shape index (κ2) is 7.53. The summed E-state index contributed by atoms with van der Waals surface area (Å²) in [6.07, 6.45) is 3.39. The molecule has 90 valence electrons. The van der Waals surface area contributed by atoms with Gasteiger partial charge in [-0.25, -0.2) is 0 Å². The average molecular weight is 243 g/mol. The lowest BCUT2D eigenvalue weighted by atomic mass is 10.0. The van der Waals surface area contributed by atoms with Crippen molar-refractivity contribution in [3.05, 3.63) is 29.8 Å². The molecule has 1 aromatic rings. The summed E-state index contributed by atoms with van der Waals surface area (Å²) in [5, 5.41) is 10.0. The Morgan fingerprint density at radius 1 is 1.25 bits per heavy atom. The molecule has 1 atom stereocenters. The number of hydrogen-bond acceptors (Lipinski definition) is 2.